The Morgan fingerprint density at radius 3 is 2.47 bits per heavy atom. The smallest absolute Gasteiger partial charge is 0.322 e. The normalized spacial score (nSPS) is 10.9. The summed E-state index contributed by atoms with van der Waals surface area (Å²) in [6.45, 7) is 0.291. The minimum absolute atomic E-state index is 0.217. The van der Waals surface area contributed by atoms with Gasteiger partial charge in [0, 0.05) is 29.8 Å². The zero-order chi connectivity index (χ0) is 21.9. The number of carbonyl (C=O) groups excluding carboxylic acids is 1. The summed E-state index contributed by atoms with van der Waals surface area (Å²) in [4.78, 5) is 33.7. The number of amides is 1. The van der Waals surface area contributed by atoms with E-state index in [0.29, 0.717) is 29.3 Å². The number of fused-ring (bicyclic) bond motifs is 1. The molecule has 3 aromatic heterocycles. The predicted octanol–water partition coefficient (Wildman–Crippen LogP) is 3.25. The van der Waals surface area contributed by atoms with Crippen molar-refractivity contribution in [2.75, 3.05) is 5.32 Å². The molecule has 0 unspecified atom stereocenters. The van der Waals surface area contributed by atoms with Gasteiger partial charge in [0.2, 0.25) is 0 Å². The molecule has 5 aromatic rings. The zero-order valence-electron chi connectivity index (χ0n) is 16.9. The molecule has 0 aliphatic heterocycles. The first-order valence-electron chi connectivity index (χ1n) is 9.99. The highest BCUT2D eigenvalue weighted by atomic mass is 16.2. The summed E-state index contributed by atoms with van der Waals surface area (Å²) in [5, 5.41) is 7.20. The third kappa shape index (κ3) is 3.89. The molecule has 0 radical (unpaired) electrons. The van der Waals surface area contributed by atoms with Gasteiger partial charge in [0.15, 0.2) is 11.5 Å². The number of anilines is 1. The van der Waals surface area contributed by atoms with E-state index in [2.05, 4.69) is 20.4 Å². The van der Waals surface area contributed by atoms with Crippen molar-refractivity contribution in [1.29, 1.82) is 0 Å². The summed E-state index contributed by atoms with van der Waals surface area (Å²) in [5.74, 6) is 0.244. The topological polar surface area (TPSA) is 94.2 Å². The molecule has 0 saturated heterocycles. The van der Waals surface area contributed by atoms with Crippen molar-refractivity contribution < 1.29 is 4.79 Å². The van der Waals surface area contributed by atoms with Gasteiger partial charge in [-0.05, 0) is 29.8 Å². The summed E-state index contributed by atoms with van der Waals surface area (Å²) in [6.07, 6.45) is 4.69. The highest BCUT2D eigenvalue weighted by molar-refractivity contribution is 6.03. The minimum atomic E-state index is -0.313. The van der Waals surface area contributed by atoms with E-state index >= 15 is 0 Å². The number of nitrogens with zero attached hydrogens (tertiary/aromatic N) is 5. The van der Waals surface area contributed by atoms with Gasteiger partial charge in [-0.1, -0.05) is 48.5 Å². The van der Waals surface area contributed by atoms with Crippen LogP contribution in [0.25, 0.3) is 17.0 Å². The first-order valence-corrected chi connectivity index (χ1v) is 9.99. The summed E-state index contributed by atoms with van der Waals surface area (Å²) in [6, 6.07) is 22.3. The number of pyridine rings is 1. The fourth-order valence-corrected chi connectivity index (χ4v) is 3.38. The lowest BCUT2D eigenvalue weighted by Crippen LogP contribution is -2.21. The van der Waals surface area contributed by atoms with E-state index in [1.54, 1.807) is 24.4 Å². The van der Waals surface area contributed by atoms with Crippen LogP contribution < -0.4 is 11.0 Å². The fourth-order valence-electron chi connectivity index (χ4n) is 3.38. The Morgan fingerprint density at radius 2 is 1.69 bits per heavy atom. The van der Waals surface area contributed by atoms with Gasteiger partial charge in [0.25, 0.3) is 5.91 Å². The number of hydrogen-bond donors (Lipinski definition) is 1. The molecule has 0 bridgehead atoms. The summed E-state index contributed by atoms with van der Waals surface area (Å²) < 4.78 is 2.89. The Kier molecular flexibility index (Phi) is 5.01. The van der Waals surface area contributed by atoms with Crippen molar-refractivity contribution in [3.8, 4) is 11.4 Å². The van der Waals surface area contributed by atoms with Gasteiger partial charge in [0.05, 0.1) is 12.1 Å². The van der Waals surface area contributed by atoms with Crippen LogP contribution in [0.2, 0.25) is 0 Å². The molecular weight excluding hydrogens is 404 g/mol. The number of nitrogens with one attached hydrogen (secondary N) is 1. The predicted molar refractivity (Wildman–Crippen MR) is 120 cm³/mol. The van der Waals surface area contributed by atoms with Crippen molar-refractivity contribution >= 4 is 17.2 Å². The second-order valence-electron chi connectivity index (χ2n) is 7.18. The molecule has 156 valence electrons. The van der Waals surface area contributed by atoms with Crippen molar-refractivity contribution in [3.63, 3.8) is 0 Å². The molecule has 1 N–H and O–H groups in total. The Hall–Kier alpha value is -4.59. The molecule has 8 nitrogen and oxygen atoms in total. The van der Waals surface area contributed by atoms with Gasteiger partial charge >= 0.3 is 5.69 Å². The maximum Gasteiger partial charge on any atom is 0.350 e. The van der Waals surface area contributed by atoms with Crippen molar-refractivity contribution in [2.24, 2.45) is 0 Å². The molecule has 5 rings (SSSR count). The van der Waals surface area contributed by atoms with Crippen LogP contribution in [0.15, 0.2) is 96.2 Å². The molecule has 3 heterocycles. The molecule has 8 heteroatoms. The van der Waals surface area contributed by atoms with Crippen LogP contribution in [0.4, 0.5) is 5.69 Å². The van der Waals surface area contributed by atoms with Gasteiger partial charge in [-0.15, -0.1) is 5.10 Å². The van der Waals surface area contributed by atoms with Gasteiger partial charge in [0.1, 0.15) is 0 Å². The first kappa shape index (κ1) is 19.4. The molecule has 2 aromatic carbocycles. The molecular formula is C24H18N6O2. The fraction of sp³-hybridized carbons (Fsp3) is 0.0417. The Balaban J connectivity index is 1.32. The average Bonchev–Trinajstić information content (AvgIpc) is 3.15. The lowest BCUT2D eigenvalue weighted by Gasteiger charge is -2.08. The second-order valence-corrected chi connectivity index (χ2v) is 7.18. The molecule has 0 fully saturated rings. The molecule has 0 spiro atoms. The van der Waals surface area contributed by atoms with E-state index in [-0.39, 0.29) is 11.6 Å². The molecule has 0 aliphatic carbocycles. The molecule has 0 atom stereocenters. The van der Waals surface area contributed by atoms with E-state index in [0.717, 1.165) is 11.1 Å². The monoisotopic (exact) mass is 422 g/mol. The molecule has 0 saturated carbocycles. The van der Waals surface area contributed by atoms with Gasteiger partial charge in [-0.2, -0.15) is 0 Å². The third-order valence-corrected chi connectivity index (χ3v) is 4.95. The Morgan fingerprint density at radius 1 is 0.906 bits per heavy atom. The van der Waals surface area contributed by atoms with Crippen LogP contribution >= 0.6 is 0 Å². The number of hydrogen-bond acceptors (Lipinski definition) is 5. The highest BCUT2D eigenvalue weighted by Gasteiger charge is 2.10. The van der Waals surface area contributed by atoms with Crippen molar-refractivity contribution in [3.05, 3.63) is 113 Å². The van der Waals surface area contributed by atoms with Crippen LogP contribution in [-0.4, -0.2) is 30.1 Å². The van der Waals surface area contributed by atoms with E-state index in [4.69, 9.17) is 0 Å². The van der Waals surface area contributed by atoms with E-state index in [1.807, 2.05) is 54.6 Å². The van der Waals surface area contributed by atoms with Crippen molar-refractivity contribution in [1.82, 2.24) is 24.1 Å². The number of benzene rings is 2. The summed E-state index contributed by atoms with van der Waals surface area (Å²) in [7, 11) is 0. The Bertz CT molecular complexity index is 1460. The SMILES string of the molecule is O=C(Nc1cccc(Cn2nc3ccccn3c2=O)c1)c1cnc(-c2ccccc2)nc1. The highest BCUT2D eigenvalue weighted by Crippen LogP contribution is 2.15. The molecule has 32 heavy (non-hydrogen) atoms. The van der Waals surface area contributed by atoms with E-state index < -0.39 is 0 Å². The van der Waals surface area contributed by atoms with E-state index in [9.17, 15) is 9.59 Å². The van der Waals surface area contributed by atoms with Gasteiger partial charge in [-0.25, -0.2) is 19.4 Å². The number of carbonyl (C=O) groups is 1. The maximum absolute atomic E-state index is 12.6. The van der Waals surface area contributed by atoms with Crippen LogP contribution in [0.5, 0.6) is 0 Å². The van der Waals surface area contributed by atoms with E-state index in [1.165, 1.54) is 21.5 Å². The standard InChI is InChI=1S/C24H18N6O2/c31-23(19-14-25-22(26-15-19)18-8-2-1-3-9-18)27-20-10-6-7-17(13-20)16-30-24(32)29-12-5-4-11-21(29)28-30/h1-15H,16H2,(H,27,31). The molecule has 1 amide bonds. The van der Waals surface area contributed by atoms with Crippen LogP contribution in [0.3, 0.4) is 0 Å². The maximum atomic E-state index is 12.6. The lowest BCUT2D eigenvalue weighted by atomic mass is 10.2. The third-order valence-electron chi connectivity index (χ3n) is 4.95. The Labute approximate surface area is 182 Å². The summed E-state index contributed by atoms with van der Waals surface area (Å²) in [5.41, 5.74) is 3.05. The summed E-state index contributed by atoms with van der Waals surface area (Å²) >= 11 is 0. The number of rotatable bonds is 5. The minimum Gasteiger partial charge on any atom is -0.322 e. The average molecular weight is 422 g/mol. The van der Waals surface area contributed by atoms with Gasteiger partial charge < -0.3 is 5.32 Å². The number of aromatic nitrogens is 5. The second kappa shape index (κ2) is 8.27. The molecule has 0 aliphatic rings. The van der Waals surface area contributed by atoms with Crippen molar-refractivity contribution in [2.45, 2.75) is 6.54 Å². The quantitative estimate of drug-likeness (QED) is 0.469. The zero-order valence-corrected chi connectivity index (χ0v) is 16.9. The van der Waals surface area contributed by atoms with Crippen LogP contribution in [-0.2, 0) is 6.54 Å². The van der Waals surface area contributed by atoms with Gasteiger partial charge in [-0.3, -0.25) is 9.20 Å². The largest absolute Gasteiger partial charge is 0.350 e. The van der Waals surface area contributed by atoms with Crippen LogP contribution in [0, 0.1) is 0 Å². The first-order chi connectivity index (χ1) is 15.7. The van der Waals surface area contributed by atoms with Crippen LogP contribution in [0.1, 0.15) is 15.9 Å². The lowest BCUT2D eigenvalue weighted by molar-refractivity contribution is 0.102.